The van der Waals surface area contributed by atoms with Crippen molar-refractivity contribution in [2.24, 2.45) is 0 Å². The van der Waals surface area contributed by atoms with Crippen molar-refractivity contribution in [3.63, 3.8) is 0 Å². The monoisotopic (exact) mass is 356 g/mol. The van der Waals surface area contributed by atoms with Crippen molar-refractivity contribution in [3.8, 4) is 0 Å². The van der Waals surface area contributed by atoms with Crippen LogP contribution in [0.25, 0.3) is 0 Å². The Bertz CT molecular complexity index is 730. The topological polar surface area (TPSA) is 71.1 Å². The van der Waals surface area contributed by atoms with E-state index in [0.717, 1.165) is 0 Å². The molecule has 1 heterocycles. The summed E-state index contributed by atoms with van der Waals surface area (Å²) < 4.78 is 21.9. The van der Waals surface area contributed by atoms with Gasteiger partial charge in [0.2, 0.25) is 0 Å². The van der Waals surface area contributed by atoms with Gasteiger partial charge in [-0.15, -0.1) is 0 Å². The van der Waals surface area contributed by atoms with Gasteiger partial charge in [-0.2, -0.15) is 0 Å². The minimum Gasteiger partial charge on any atom is -0.455 e. The van der Waals surface area contributed by atoms with Crippen LogP contribution in [0.1, 0.15) is 27.1 Å². The number of hydrogen-bond acceptors (Lipinski definition) is 6. The molecule has 1 aliphatic heterocycles. The highest BCUT2D eigenvalue weighted by atomic mass is 16.7. The number of carbonyl (C=O) groups is 2. The number of esters is 2. The quantitative estimate of drug-likeness (QED) is 0.767. The first-order valence-corrected chi connectivity index (χ1v) is 8.35. The summed E-state index contributed by atoms with van der Waals surface area (Å²) in [7, 11) is 1.45. The molecule has 1 saturated heterocycles. The summed E-state index contributed by atoms with van der Waals surface area (Å²) in [6.07, 6.45) is -1.90. The lowest BCUT2D eigenvalue weighted by Gasteiger charge is -2.35. The number of carbonyl (C=O) groups excluding carboxylic acids is 2. The van der Waals surface area contributed by atoms with Gasteiger partial charge >= 0.3 is 11.9 Å². The minimum atomic E-state index is -0.853. The van der Waals surface area contributed by atoms with Crippen molar-refractivity contribution in [2.75, 3.05) is 13.7 Å². The molecule has 0 aromatic heterocycles. The number of hydrogen-bond donors (Lipinski definition) is 0. The first kappa shape index (κ1) is 18.1. The molecule has 1 fully saturated rings. The Morgan fingerprint density at radius 1 is 0.885 bits per heavy atom. The highest BCUT2D eigenvalue weighted by molar-refractivity contribution is 5.90. The Morgan fingerprint density at radius 3 is 1.96 bits per heavy atom. The number of benzene rings is 2. The van der Waals surface area contributed by atoms with E-state index in [2.05, 4.69) is 0 Å². The lowest BCUT2D eigenvalue weighted by Crippen LogP contribution is -2.50. The van der Waals surface area contributed by atoms with Crippen LogP contribution in [0.4, 0.5) is 0 Å². The fraction of sp³-hybridized carbons (Fsp3) is 0.300. The average molecular weight is 356 g/mol. The Balaban J connectivity index is 1.74. The van der Waals surface area contributed by atoms with Crippen LogP contribution in [0.3, 0.4) is 0 Å². The molecular weight excluding hydrogens is 336 g/mol. The first-order valence-electron chi connectivity index (χ1n) is 8.35. The van der Waals surface area contributed by atoms with Gasteiger partial charge in [-0.3, -0.25) is 0 Å². The second kappa shape index (κ2) is 8.60. The Kier molecular flexibility index (Phi) is 5.99. The van der Waals surface area contributed by atoms with Crippen LogP contribution in [0.2, 0.25) is 0 Å². The molecule has 3 rings (SSSR count). The van der Waals surface area contributed by atoms with Gasteiger partial charge in [0.15, 0.2) is 12.4 Å². The maximum absolute atomic E-state index is 12.4. The molecule has 3 atom stereocenters. The molecule has 0 N–H and O–H groups in total. The van der Waals surface area contributed by atoms with Crippen LogP contribution in [-0.2, 0) is 18.9 Å². The summed E-state index contributed by atoms with van der Waals surface area (Å²) >= 11 is 0. The summed E-state index contributed by atoms with van der Waals surface area (Å²) in [5, 5.41) is 0. The average Bonchev–Trinajstić information content (AvgIpc) is 2.70. The molecule has 1 aliphatic rings. The summed E-state index contributed by atoms with van der Waals surface area (Å²) in [4.78, 5) is 24.8. The van der Waals surface area contributed by atoms with Crippen LogP contribution in [-0.4, -0.2) is 44.2 Å². The fourth-order valence-electron chi connectivity index (χ4n) is 2.74. The lowest BCUT2D eigenvalue weighted by atomic mass is 10.1. The third-order valence-corrected chi connectivity index (χ3v) is 4.07. The van der Waals surface area contributed by atoms with E-state index in [1.807, 2.05) is 12.1 Å². The van der Waals surface area contributed by atoms with Crippen LogP contribution < -0.4 is 0 Å². The molecule has 136 valence electrons. The van der Waals surface area contributed by atoms with Crippen LogP contribution in [0.5, 0.6) is 0 Å². The zero-order valence-corrected chi connectivity index (χ0v) is 14.4. The minimum absolute atomic E-state index is 0.338. The number of ether oxygens (including phenoxy) is 4. The zero-order chi connectivity index (χ0) is 18.4. The maximum atomic E-state index is 12.4. The number of methoxy groups -OCH3 is 1. The van der Waals surface area contributed by atoms with E-state index >= 15 is 0 Å². The van der Waals surface area contributed by atoms with Crippen molar-refractivity contribution in [1.29, 1.82) is 0 Å². The first-order chi connectivity index (χ1) is 12.7. The molecule has 6 nitrogen and oxygen atoms in total. The van der Waals surface area contributed by atoms with E-state index < -0.39 is 30.4 Å². The third-order valence-electron chi connectivity index (χ3n) is 4.07. The van der Waals surface area contributed by atoms with Gasteiger partial charge in [0.25, 0.3) is 0 Å². The van der Waals surface area contributed by atoms with Crippen molar-refractivity contribution in [2.45, 2.75) is 24.9 Å². The molecule has 0 saturated carbocycles. The Morgan fingerprint density at radius 2 is 1.42 bits per heavy atom. The van der Waals surface area contributed by atoms with Gasteiger partial charge in [-0.25, -0.2) is 9.59 Å². The lowest BCUT2D eigenvalue weighted by molar-refractivity contribution is -0.232. The van der Waals surface area contributed by atoms with Crippen molar-refractivity contribution >= 4 is 11.9 Å². The molecule has 0 aliphatic carbocycles. The third kappa shape index (κ3) is 4.28. The summed E-state index contributed by atoms with van der Waals surface area (Å²) in [6, 6.07) is 17.3. The van der Waals surface area contributed by atoms with Gasteiger partial charge in [0, 0.05) is 13.5 Å². The summed E-state index contributed by atoms with van der Waals surface area (Å²) in [6.45, 7) is 0.338. The molecule has 0 amide bonds. The normalized spacial score (nSPS) is 22.4. The van der Waals surface area contributed by atoms with Gasteiger partial charge in [-0.1, -0.05) is 36.4 Å². The predicted molar refractivity (Wildman–Crippen MR) is 92.7 cm³/mol. The maximum Gasteiger partial charge on any atom is 0.338 e. The van der Waals surface area contributed by atoms with Crippen LogP contribution in [0.15, 0.2) is 60.7 Å². The van der Waals surface area contributed by atoms with E-state index in [0.29, 0.717) is 24.2 Å². The van der Waals surface area contributed by atoms with Crippen molar-refractivity contribution in [3.05, 3.63) is 71.8 Å². The van der Waals surface area contributed by atoms with E-state index in [-0.39, 0.29) is 0 Å². The Labute approximate surface area is 151 Å². The molecule has 26 heavy (non-hydrogen) atoms. The largest absolute Gasteiger partial charge is 0.455 e. The van der Waals surface area contributed by atoms with Gasteiger partial charge < -0.3 is 18.9 Å². The van der Waals surface area contributed by atoms with Crippen molar-refractivity contribution < 1.29 is 28.5 Å². The number of rotatable bonds is 5. The molecule has 0 radical (unpaired) electrons. The van der Waals surface area contributed by atoms with Gasteiger partial charge in [0.1, 0.15) is 6.10 Å². The van der Waals surface area contributed by atoms with Crippen LogP contribution >= 0.6 is 0 Å². The highest BCUT2D eigenvalue weighted by Crippen LogP contribution is 2.24. The second-order valence-corrected chi connectivity index (χ2v) is 5.81. The molecule has 0 unspecified atom stereocenters. The van der Waals surface area contributed by atoms with Crippen LogP contribution in [0, 0.1) is 0 Å². The van der Waals surface area contributed by atoms with E-state index in [1.54, 1.807) is 48.5 Å². The van der Waals surface area contributed by atoms with E-state index in [4.69, 9.17) is 18.9 Å². The SMILES string of the molecule is CO[C@H]1OCC[C@H](OC(=O)c2ccccc2)[C@H]1OC(=O)c1ccccc1. The molecule has 0 bridgehead atoms. The fourth-order valence-corrected chi connectivity index (χ4v) is 2.74. The van der Waals surface area contributed by atoms with Crippen molar-refractivity contribution in [1.82, 2.24) is 0 Å². The molecule has 2 aromatic carbocycles. The van der Waals surface area contributed by atoms with Gasteiger partial charge in [0.05, 0.1) is 17.7 Å². The second-order valence-electron chi connectivity index (χ2n) is 5.81. The standard InChI is InChI=1S/C20H20O6/c1-23-20-17(26-19(22)15-10-6-3-7-11-15)16(12-13-24-20)25-18(21)14-8-4-2-5-9-14/h2-11,16-17,20H,12-13H2,1H3/t16-,17+,20-/m0/s1. The van der Waals surface area contributed by atoms with E-state index in [9.17, 15) is 9.59 Å². The highest BCUT2D eigenvalue weighted by Gasteiger charge is 2.40. The molecule has 2 aromatic rings. The predicted octanol–water partition coefficient (Wildman–Crippen LogP) is 2.83. The van der Waals surface area contributed by atoms with Gasteiger partial charge in [-0.05, 0) is 24.3 Å². The smallest absolute Gasteiger partial charge is 0.338 e. The molecule has 6 heteroatoms. The Hall–Kier alpha value is -2.70. The molecular formula is C20H20O6. The summed E-state index contributed by atoms with van der Waals surface area (Å²) in [5.41, 5.74) is 0.835. The summed E-state index contributed by atoms with van der Waals surface area (Å²) in [5.74, 6) is -1.00. The van der Waals surface area contributed by atoms with E-state index in [1.165, 1.54) is 7.11 Å². The zero-order valence-electron chi connectivity index (χ0n) is 14.4. The molecule has 0 spiro atoms.